The topological polar surface area (TPSA) is 99.1 Å². The van der Waals surface area contributed by atoms with Crippen molar-refractivity contribution in [3.8, 4) is 28.7 Å². The lowest BCUT2D eigenvalue weighted by Gasteiger charge is -2.27. The smallest absolute Gasteiger partial charge is 0.280 e. The second-order valence-corrected chi connectivity index (χ2v) is 9.94. The maximum atomic E-state index is 13.5. The molecular weight excluding hydrogens is 512 g/mol. The van der Waals surface area contributed by atoms with Crippen LogP contribution in [0, 0.1) is 17.8 Å². The Morgan fingerprint density at radius 2 is 2.00 bits per heavy atom. The fraction of sp³-hybridized carbons (Fsp3) is 0.296. The number of anilines is 1. The number of ether oxygens (including phenoxy) is 2. The number of hydrogen-bond acceptors (Lipinski definition) is 8. The van der Waals surface area contributed by atoms with Gasteiger partial charge in [-0.1, -0.05) is 23.3 Å². The first kappa shape index (κ1) is 24.3. The van der Waals surface area contributed by atoms with Crippen LogP contribution in [0.15, 0.2) is 36.7 Å². The summed E-state index contributed by atoms with van der Waals surface area (Å²) in [4.78, 5) is 31.0. The third-order valence-corrected chi connectivity index (χ3v) is 7.16. The van der Waals surface area contributed by atoms with E-state index in [2.05, 4.69) is 37.1 Å². The number of methoxy groups -OCH3 is 1. The molecule has 1 N–H and O–H groups in total. The maximum absolute atomic E-state index is 13.5. The zero-order valence-electron chi connectivity index (χ0n) is 20.2. The Hall–Kier alpha value is -4.01. The van der Waals surface area contributed by atoms with Gasteiger partial charge in [0.25, 0.3) is 12.3 Å². The van der Waals surface area contributed by atoms with E-state index in [9.17, 15) is 13.6 Å². The number of nitrogens with zero attached hydrogens (tertiary/aromatic N) is 4. The number of amides is 1. The first-order valence-corrected chi connectivity index (χ1v) is 12.8. The quantitative estimate of drug-likeness (QED) is 0.324. The van der Waals surface area contributed by atoms with Crippen molar-refractivity contribution >= 4 is 32.9 Å². The van der Waals surface area contributed by atoms with Crippen molar-refractivity contribution in [2.75, 3.05) is 19.0 Å². The second-order valence-electron chi connectivity index (χ2n) is 8.96. The van der Waals surface area contributed by atoms with Gasteiger partial charge in [0.2, 0.25) is 0 Å². The molecule has 1 amide bonds. The third kappa shape index (κ3) is 4.92. The average Bonchev–Trinajstić information content (AvgIpc) is 3.63. The molecule has 0 spiro atoms. The van der Waals surface area contributed by atoms with Gasteiger partial charge in [0.1, 0.15) is 17.1 Å². The third-order valence-electron chi connectivity index (χ3n) is 6.31. The van der Waals surface area contributed by atoms with Gasteiger partial charge in [-0.05, 0) is 48.1 Å². The molecule has 0 radical (unpaired) electrons. The fourth-order valence-electron chi connectivity index (χ4n) is 4.04. The minimum atomic E-state index is -2.78. The van der Waals surface area contributed by atoms with Crippen molar-refractivity contribution in [2.24, 2.45) is 5.92 Å². The van der Waals surface area contributed by atoms with Gasteiger partial charge in [-0.25, -0.2) is 18.7 Å². The van der Waals surface area contributed by atoms with Crippen LogP contribution in [0.5, 0.6) is 5.75 Å². The molecule has 1 saturated heterocycles. The number of pyridine rings is 1. The van der Waals surface area contributed by atoms with Crippen molar-refractivity contribution in [3.05, 3.63) is 59.2 Å². The van der Waals surface area contributed by atoms with Gasteiger partial charge in [-0.2, -0.15) is 4.98 Å². The molecular formula is C27H21F2N5O3S. The van der Waals surface area contributed by atoms with Crippen LogP contribution >= 0.6 is 11.3 Å². The summed E-state index contributed by atoms with van der Waals surface area (Å²) < 4.78 is 38.0. The number of benzene rings is 1. The summed E-state index contributed by atoms with van der Waals surface area (Å²) in [7, 11) is 1.42. The molecule has 2 aliphatic rings. The number of nitrogens with one attached hydrogen (secondary N) is 1. The normalized spacial score (nSPS) is 16.6. The van der Waals surface area contributed by atoms with Gasteiger partial charge in [0.15, 0.2) is 15.6 Å². The number of carbonyl (C=O) groups excluding carboxylic acids is 1. The first-order chi connectivity index (χ1) is 18.5. The molecule has 4 heterocycles. The lowest BCUT2D eigenvalue weighted by molar-refractivity contribution is -0.0526. The molecule has 1 saturated carbocycles. The second kappa shape index (κ2) is 10.0. The molecule has 6 rings (SSSR count). The van der Waals surface area contributed by atoms with E-state index < -0.39 is 18.0 Å². The summed E-state index contributed by atoms with van der Waals surface area (Å²) in [6.45, 7) is 0.643. The van der Waals surface area contributed by atoms with E-state index in [1.54, 1.807) is 24.4 Å². The summed E-state index contributed by atoms with van der Waals surface area (Å²) in [5, 5.41) is 3.12. The number of carbonyl (C=O) groups is 1. The number of alkyl halides is 2. The first-order valence-electron chi connectivity index (χ1n) is 12.0. The lowest BCUT2D eigenvalue weighted by Crippen LogP contribution is -2.19. The molecule has 0 bridgehead atoms. The van der Waals surface area contributed by atoms with Crippen molar-refractivity contribution in [1.82, 2.24) is 19.9 Å². The predicted molar refractivity (Wildman–Crippen MR) is 137 cm³/mol. The van der Waals surface area contributed by atoms with E-state index in [4.69, 9.17) is 9.47 Å². The van der Waals surface area contributed by atoms with E-state index in [-0.39, 0.29) is 17.4 Å². The van der Waals surface area contributed by atoms with Gasteiger partial charge in [-0.3, -0.25) is 15.1 Å². The minimum Gasteiger partial charge on any atom is -0.494 e. The van der Waals surface area contributed by atoms with E-state index in [1.807, 2.05) is 0 Å². The van der Waals surface area contributed by atoms with E-state index in [1.165, 1.54) is 30.7 Å². The van der Waals surface area contributed by atoms with E-state index in [0.717, 1.165) is 24.8 Å². The summed E-state index contributed by atoms with van der Waals surface area (Å²) in [6.07, 6.45) is 2.97. The summed E-state index contributed by atoms with van der Waals surface area (Å²) in [5.74, 6) is 6.43. The lowest BCUT2D eigenvalue weighted by atomic mass is 9.93. The molecule has 3 aromatic heterocycles. The van der Waals surface area contributed by atoms with Crippen LogP contribution in [-0.2, 0) is 4.74 Å². The fourth-order valence-corrected chi connectivity index (χ4v) is 4.83. The van der Waals surface area contributed by atoms with Crippen LogP contribution in [0.3, 0.4) is 0 Å². The average molecular weight is 534 g/mol. The van der Waals surface area contributed by atoms with Crippen LogP contribution < -0.4 is 10.1 Å². The number of thiazole rings is 1. The van der Waals surface area contributed by atoms with Crippen molar-refractivity contribution in [3.63, 3.8) is 0 Å². The molecule has 1 aliphatic heterocycles. The molecule has 1 aromatic carbocycles. The number of halogens is 2. The predicted octanol–water partition coefficient (Wildman–Crippen LogP) is 5.57. The molecule has 1 unspecified atom stereocenters. The van der Waals surface area contributed by atoms with E-state index >= 15 is 0 Å². The highest BCUT2D eigenvalue weighted by Gasteiger charge is 2.25. The number of hydrogen-bond donors (Lipinski definition) is 1. The largest absolute Gasteiger partial charge is 0.494 e. The van der Waals surface area contributed by atoms with Crippen molar-refractivity contribution in [2.45, 2.75) is 31.8 Å². The van der Waals surface area contributed by atoms with Crippen molar-refractivity contribution < 1.29 is 23.0 Å². The van der Waals surface area contributed by atoms with Crippen LogP contribution in [0.4, 0.5) is 13.9 Å². The van der Waals surface area contributed by atoms with Gasteiger partial charge in [0.05, 0.1) is 32.2 Å². The monoisotopic (exact) mass is 533 g/mol. The highest BCUT2D eigenvalue weighted by molar-refractivity contribution is 7.21. The van der Waals surface area contributed by atoms with Gasteiger partial charge < -0.3 is 9.47 Å². The maximum Gasteiger partial charge on any atom is 0.280 e. The Morgan fingerprint density at radius 1 is 1.16 bits per heavy atom. The Balaban J connectivity index is 1.35. The SMILES string of the molecule is COc1cnc(C(F)F)cc1-c1cc(C2CCO2)ccc1C(=O)Nc1nc2ncc(C#CC3CC3)nc2s1. The minimum absolute atomic E-state index is 0.119. The zero-order valence-corrected chi connectivity index (χ0v) is 21.0. The Labute approximate surface area is 220 Å². The molecule has 192 valence electrons. The van der Waals surface area contributed by atoms with Crippen LogP contribution in [0.25, 0.3) is 21.6 Å². The highest BCUT2D eigenvalue weighted by atomic mass is 32.1. The molecule has 1 atom stereocenters. The van der Waals surface area contributed by atoms with Crippen LogP contribution in [-0.4, -0.2) is 39.6 Å². The van der Waals surface area contributed by atoms with E-state index in [0.29, 0.717) is 45.0 Å². The summed E-state index contributed by atoms with van der Waals surface area (Å²) in [5.41, 5.74) is 2.39. The molecule has 8 nitrogen and oxygen atoms in total. The Kier molecular flexibility index (Phi) is 6.43. The molecule has 1 aliphatic carbocycles. The Bertz CT molecular complexity index is 1610. The van der Waals surface area contributed by atoms with Gasteiger partial charge in [0, 0.05) is 23.5 Å². The summed E-state index contributed by atoms with van der Waals surface area (Å²) >= 11 is 1.18. The van der Waals surface area contributed by atoms with Crippen LogP contribution in [0.2, 0.25) is 0 Å². The Morgan fingerprint density at radius 3 is 2.71 bits per heavy atom. The number of fused-ring (bicyclic) bond motifs is 1. The number of rotatable bonds is 6. The van der Waals surface area contributed by atoms with Crippen molar-refractivity contribution in [1.29, 1.82) is 0 Å². The molecule has 11 heteroatoms. The highest BCUT2D eigenvalue weighted by Crippen LogP contribution is 2.39. The molecule has 38 heavy (non-hydrogen) atoms. The number of aromatic nitrogens is 4. The molecule has 4 aromatic rings. The van der Waals surface area contributed by atoms with Gasteiger partial charge >= 0.3 is 0 Å². The van der Waals surface area contributed by atoms with Crippen LogP contribution in [0.1, 0.15) is 59.1 Å². The van der Waals surface area contributed by atoms with Gasteiger partial charge in [-0.15, -0.1) is 0 Å². The zero-order chi connectivity index (χ0) is 26.2. The summed E-state index contributed by atoms with van der Waals surface area (Å²) in [6, 6.07) is 6.48. The standard InChI is InChI=1S/C27H21F2N5O3S/c1-36-22-13-30-20(23(28)29)11-19(22)18-10-15(21-8-9-37-21)5-7-17(18)25(35)34-27-33-24-26(38-27)32-16(12-31-24)6-4-14-2-3-14/h5,7,10-14,21,23H,2-3,8-9H2,1H3,(H,31,33,34,35). The molecule has 2 fully saturated rings.